The predicted molar refractivity (Wildman–Crippen MR) is 82.4 cm³/mol. The van der Waals surface area contributed by atoms with Crippen molar-refractivity contribution in [3.63, 3.8) is 0 Å². The highest BCUT2D eigenvalue weighted by molar-refractivity contribution is 5.45. The van der Waals surface area contributed by atoms with E-state index in [1.807, 2.05) is 6.20 Å². The molecule has 0 aromatic rings. The summed E-state index contributed by atoms with van der Waals surface area (Å²) in [7, 11) is 2.16. The van der Waals surface area contributed by atoms with Crippen molar-refractivity contribution in [2.24, 2.45) is 0 Å². The van der Waals surface area contributed by atoms with Crippen molar-refractivity contribution < 1.29 is 4.79 Å². The maximum Gasteiger partial charge on any atom is 0.207 e. The molecule has 2 rings (SSSR count). The molecule has 0 aromatic heterocycles. The van der Waals surface area contributed by atoms with Crippen LogP contribution in [0.2, 0.25) is 0 Å². The van der Waals surface area contributed by atoms with Gasteiger partial charge in [-0.2, -0.15) is 0 Å². The third kappa shape index (κ3) is 3.75. The van der Waals surface area contributed by atoms with Crippen LogP contribution in [-0.2, 0) is 4.79 Å². The van der Waals surface area contributed by atoms with Gasteiger partial charge in [0.2, 0.25) is 6.41 Å². The van der Waals surface area contributed by atoms with Gasteiger partial charge in [-0.15, -0.1) is 0 Å². The van der Waals surface area contributed by atoms with Crippen LogP contribution >= 0.6 is 0 Å². The van der Waals surface area contributed by atoms with E-state index in [2.05, 4.69) is 28.7 Å². The Morgan fingerprint density at radius 3 is 2.55 bits per heavy atom. The molecule has 0 aliphatic carbocycles. The van der Waals surface area contributed by atoms with Crippen LogP contribution in [0.4, 0.5) is 0 Å². The van der Waals surface area contributed by atoms with E-state index in [9.17, 15) is 4.79 Å². The molecule has 2 saturated heterocycles. The van der Waals surface area contributed by atoms with Gasteiger partial charge in [-0.05, 0) is 51.3 Å². The monoisotopic (exact) mass is 279 g/mol. The molecule has 2 bridgehead atoms. The highest BCUT2D eigenvalue weighted by Crippen LogP contribution is 2.37. The molecule has 2 aliphatic rings. The van der Waals surface area contributed by atoms with E-state index in [1.54, 1.807) is 0 Å². The van der Waals surface area contributed by atoms with Gasteiger partial charge >= 0.3 is 0 Å². The molecule has 0 saturated carbocycles. The third-order valence-corrected chi connectivity index (χ3v) is 5.04. The topological polar surface area (TPSA) is 35.6 Å². The lowest BCUT2D eigenvalue weighted by Gasteiger charge is -2.42. The van der Waals surface area contributed by atoms with Gasteiger partial charge in [0.15, 0.2) is 0 Å². The molecule has 2 heterocycles. The van der Waals surface area contributed by atoms with E-state index in [0.717, 1.165) is 31.5 Å². The summed E-state index contributed by atoms with van der Waals surface area (Å²) in [6, 6.07) is 2.27. The van der Waals surface area contributed by atoms with Gasteiger partial charge in [-0.1, -0.05) is 13.0 Å². The number of nitrogens with one attached hydrogen (secondary N) is 1. The molecule has 2 atom stereocenters. The maximum absolute atomic E-state index is 10.2. The lowest BCUT2D eigenvalue weighted by atomic mass is 9.96. The van der Waals surface area contributed by atoms with Gasteiger partial charge in [0.05, 0.1) is 0 Å². The SMILES string of the molecule is C=CN(C)C1CC2CCC(C1)N2CCCCCNC=O. The fourth-order valence-corrected chi connectivity index (χ4v) is 3.85. The minimum Gasteiger partial charge on any atom is -0.378 e. The first kappa shape index (κ1) is 15.4. The molecule has 0 spiro atoms. The predicted octanol–water partition coefficient (Wildman–Crippen LogP) is 1.97. The van der Waals surface area contributed by atoms with Crippen molar-refractivity contribution in [1.29, 1.82) is 0 Å². The fraction of sp³-hybridized carbons (Fsp3) is 0.812. The minimum absolute atomic E-state index is 0.693. The Morgan fingerprint density at radius 2 is 1.95 bits per heavy atom. The average molecular weight is 279 g/mol. The van der Waals surface area contributed by atoms with Crippen LogP contribution in [0.15, 0.2) is 12.8 Å². The Morgan fingerprint density at radius 1 is 1.25 bits per heavy atom. The van der Waals surface area contributed by atoms with Crippen molar-refractivity contribution in [2.75, 3.05) is 20.1 Å². The van der Waals surface area contributed by atoms with Gasteiger partial charge in [-0.3, -0.25) is 9.69 Å². The lowest BCUT2D eigenvalue weighted by Crippen LogP contribution is -2.48. The van der Waals surface area contributed by atoms with Crippen molar-refractivity contribution in [3.8, 4) is 0 Å². The van der Waals surface area contributed by atoms with E-state index in [-0.39, 0.29) is 0 Å². The highest BCUT2D eigenvalue weighted by atomic mass is 16.1. The number of piperidine rings is 1. The second kappa shape index (κ2) is 7.67. The van der Waals surface area contributed by atoms with Crippen molar-refractivity contribution in [1.82, 2.24) is 15.1 Å². The summed E-state index contributed by atoms with van der Waals surface area (Å²) in [6.07, 6.45) is 11.7. The lowest BCUT2D eigenvalue weighted by molar-refractivity contribution is -0.109. The summed E-state index contributed by atoms with van der Waals surface area (Å²) in [6.45, 7) is 5.95. The number of unbranched alkanes of at least 4 members (excludes halogenated alkanes) is 2. The third-order valence-electron chi connectivity index (χ3n) is 5.04. The van der Waals surface area contributed by atoms with Gasteiger partial charge in [0, 0.05) is 31.7 Å². The molecule has 2 aliphatic heterocycles. The minimum atomic E-state index is 0.693. The fourth-order valence-electron chi connectivity index (χ4n) is 3.85. The number of fused-ring (bicyclic) bond motifs is 2. The van der Waals surface area contributed by atoms with Gasteiger partial charge in [0.25, 0.3) is 0 Å². The van der Waals surface area contributed by atoms with Crippen LogP contribution < -0.4 is 5.32 Å². The quantitative estimate of drug-likeness (QED) is 0.518. The molecule has 114 valence electrons. The normalized spacial score (nSPS) is 29.1. The molecule has 0 radical (unpaired) electrons. The largest absolute Gasteiger partial charge is 0.378 e. The summed E-state index contributed by atoms with van der Waals surface area (Å²) in [5.41, 5.74) is 0. The molecule has 20 heavy (non-hydrogen) atoms. The van der Waals surface area contributed by atoms with E-state index >= 15 is 0 Å². The van der Waals surface area contributed by atoms with Crippen LogP contribution in [0, 0.1) is 0 Å². The van der Waals surface area contributed by atoms with Gasteiger partial charge in [0.1, 0.15) is 0 Å². The standard InChI is InChI=1S/C16H29N3O/c1-3-18(2)16-11-14-7-8-15(12-16)19(14)10-6-4-5-9-17-13-20/h3,13-16H,1,4-12H2,2H3,(H,17,20). The zero-order valence-electron chi connectivity index (χ0n) is 12.8. The van der Waals surface area contributed by atoms with E-state index in [0.29, 0.717) is 6.04 Å². The average Bonchev–Trinajstić information content (AvgIpc) is 2.71. The van der Waals surface area contributed by atoms with Crippen molar-refractivity contribution >= 4 is 6.41 Å². The smallest absolute Gasteiger partial charge is 0.207 e. The summed E-state index contributed by atoms with van der Waals surface area (Å²) >= 11 is 0. The first-order chi connectivity index (χ1) is 9.76. The molecule has 2 unspecified atom stereocenters. The Hall–Kier alpha value is -1.03. The van der Waals surface area contributed by atoms with Crippen LogP contribution in [0.5, 0.6) is 0 Å². The first-order valence-electron chi connectivity index (χ1n) is 8.03. The maximum atomic E-state index is 10.2. The summed E-state index contributed by atoms with van der Waals surface area (Å²) in [5, 5.41) is 2.73. The number of carbonyl (C=O) groups excluding carboxylic acids is 1. The number of hydrogen-bond acceptors (Lipinski definition) is 3. The van der Waals surface area contributed by atoms with Crippen LogP contribution in [0.1, 0.15) is 44.9 Å². The molecular formula is C16H29N3O. The molecule has 0 aromatic carbocycles. The molecule has 1 N–H and O–H groups in total. The van der Waals surface area contributed by atoms with E-state index in [4.69, 9.17) is 0 Å². The van der Waals surface area contributed by atoms with Crippen LogP contribution in [0.25, 0.3) is 0 Å². The summed E-state index contributed by atoms with van der Waals surface area (Å²) in [4.78, 5) is 15.2. The van der Waals surface area contributed by atoms with Gasteiger partial charge in [-0.25, -0.2) is 0 Å². The second-order valence-corrected chi connectivity index (χ2v) is 6.23. The van der Waals surface area contributed by atoms with E-state index in [1.165, 1.54) is 45.1 Å². The molecule has 4 heteroatoms. The second-order valence-electron chi connectivity index (χ2n) is 6.23. The Kier molecular flexibility index (Phi) is 5.89. The van der Waals surface area contributed by atoms with Crippen molar-refractivity contribution in [2.45, 2.75) is 63.1 Å². The van der Waals surface area contributed by atoms with Crippen molar-refractivity contribution in [3.05, 3.63) is 12.8 Å². The Bertz CT molecular complexity index is 307. The Balaban J connectivity index is 1.70. The molecular weight excluding hydrogens is 250 g/mol. The highest BCUT2D eigenvalue weighted by Gasteiger charge is 2.40. The van der Waals surface area contributed by atoms with Crippen LogP contribution in [0.3, 0.4) is 0 Å². The number of rotatable bonds is 9. The van der Waals surface area contributed by atoms with Gasteiger partial charge < -0.3 is 10.2 Å². The zero-order chi connectivity index (χ0) is 14.4. The Labute approximate surface area is 123 Å². The molecule has 1 amide bonds. The van der Waals surface area contributed by atoms with Crippen LogP contribution in [-0.4, -0.2) is 54.5 Å². The number of amides is 1. The zero-order valence-corrected chi connectivity index (χ0v) is 12.8. The first-order valence-corrected chi connectivity index (χ1v) is 8.03. The number of nitrogens with zero attached hydrogens (tertiary/aromatic N) is 2. The summed E-state index contributed by atoms with van der Waals surface area (Å²) in [5.74, 6) is 0. The molecule has 4 nitrogen and oxygen atoms in total. The summed E-state index contributed by atoms with van der Waals surface area (Å²) < 4.78 is 0. The van der Waals surface area contributed by atoms with E-state index < -0.39 is 0 Å². The molecule has 2 fully saturated rings. The number of carbonyl (C=O) groups is 1. The number of hydrogen-bond donors (Lipinski definition) is 1.